The third kappa shape index (κ3) is 3.76. The second kappa shape index (κ2) is 7.07. The van der Waals surface area contributed by atoms with Crippen LogP contribution >= 0.6 is 0 Å². The van der Waals surface area contributed by atoms with Gasteiger partial charge in [-0.3, -0.25) is 0 Å². The minimum Gasteiger partial charge on any atom is -0.492 e. The number of nitrogens with zero attached hydrogens (tertiary/aromatic N) is 4. The average molecular weight is 308 g/mol. The van der Waals surface area contributed by atoms with Crippen LogP contribution in [-0.4, -0.2) is 47.1 Å². The van der Waals surface area contributed by atoms with E-state index in [0.29, 0.717) is 6.61 Å². The van der Waals surface area contributed by atoms with Gasteiger partial charge in [-0.05, 0) is 38.4 Å². The Morgan fingerprint density at radius 3 is 2.43 bits per heavy atom. The summed E-state index contributed by atoms with van der Waals surface area (Å²) in [4.78, 5) is 2.09. The van der Waals surface area contributed by atoms with Gasteiger partial charge in [0, 0.05) is 12.1 Å². The van der Waals surface area contributed by atoms with Crippen LogP contribution in [0.1, 0.15) is 0 Å². The van der Waals surface area contributed by atoms with Crippen molar-refractivity contribution in [1.29, 1.82) is 0 Å². The highest BCUT2D eigenvalue weighted by Gasteiger charge is 2.08. The minimum atomic E-state index is 0.672. The van der Waals surface area contributed by atoms with Crippen molar-refractivity contribution in [1.82, 2.24) is 19.9 Å². The van der Waals surface area contributed by atoms with Crippen molar-refractivity contribution in [3.8, 4) is 22.7 Å². The van der Waals surface area contributed by atoms with Crippen molar-refractivity contribution < 1.29 is 4.74 Å². The number of likely N-dealkylation sites (N-methyl/N-ethyl adjacent to an activating group) is 1. The molecule has 0 fully saturated rings. The first-order valence-corrected chi connectivity index (χ1v) is 7.58. The molecule has 0 unspecified atom stereocenters. The van der Waals surface area contributed by atoms with Crippen LogP contribution in [-0.2, 0) is 0 Å². The predicted octanol–water partition coefficient (Wildman–Crippen LogP) is 2.87. The van der Waals surface area contributed by atoms with Crippen LogP contribution in [0.3, 0.4) is 0 Å². The van der Waals surface area contributed by atoms with Gasteiger partial charge in [0.1, 0.15) is 12.4 Å². The van der Waals surface area contributed by atoms with E-state index in [9.17, 15) is 0 Å². The fourth-order valence-electron chi connectivity index (χ4n) is 2.26. The maximum atomic E-state index is 5.72. The molecule has 23 heavy (non-hydrogen) atoms. The first-order chi connectivity index (χ1) is 11.2. The SMILES string of the molecule is CN(C)CCOc1ccc(-n2nncc2-c2ccccc2)cc1. The molecular formula is C18H20N4O. The number of hydrogen-bond donors (Lipinski definition) is 0. The molecule has 5 nitrogen and oxygen atoms in total. The highest BCUT2D eigenvalue weighted by molar-refractivity contribution is 5.60. The summed E-state index contributed by atoms with van der Waals surface area (Å²) in [7, 11) is 4.06. The summed E-state index contributed by atoms with van der Waals surface area (Å²) in [6, 6.07) is 18.0. The van der Waals surface area contributed by atoms with Gasteiger partial charge in [0.15, 0.2) is 0 Å². The Hall–Kier alpha value is -2.66. The summed E-state index contributed by atoms with van der Waals surface area (Å²) in [5, 5.41) is 8.24. The standard InChI is InChI=1S/C18H20N4O/c1-21(2)12-13-23-17-10-8-16(9-11-17)22-18(14-19-20-22)15-6-4-3-5-7-15/h3-11,14H,12-13H2,1-2H3. The zero-order valence-electron chi connectivity index (χ0n) is 13.4. The Morgan fingerprint density at radius 2 is 1.74 bits per heavy atom. The molecule has 0 N–H and O–H groups in total. The molecule has 0 atom stereocenters. The van der Waals surface area contributed by atoms with Crippen LogP contribution in [0.15, 0.2) is 60.8 Å². The van der Waals surface area contributed by atoms with E-state index < -0.39 is 0 Å². The van der Waals surface area contributed by atoms with Crippen LogP contribution in [0.4, 0.5) is 0 Å². The highest BCUT2D eigenvalue weighted by atomic mass is 16.5. The van der Waals surface area contributed by atoms with Gasteiger partial charge in [-0.25, -0.2) is 4.68 Å². The van der Waals surface area contributed by atoms with Crippen LogP contribution < -0.4 is 4.74 Å². The molecular weight excluding hydrogens is 288 g/mol. The second-order valence-electron chi connectivity index (χ2n) is 5.54. The molecule has 2 aromatic carbocycles. The van der Waals surface area contributed by atoms with Gasteiger partial charge in [-0.1, -0.05) is 35.5 Å². The summed E-state index contributed by atoms with van der Waals surface area (Å²) >= 11 is 0. The molecule has 0 saturated carbocycles. The van der Waals surface area contributed by atoms with Gasteiger partial charge >= 0.3 is 0 Å². The Labute approximate surface area is 136 Å². The summed E-state index contributed by atoms with van der Waals surface area (Å²) < 4.78 is 7.55. The lowest BCUT2D eigenvalue weighted by Crippen LogP contribution is -2.19. The molecule has 0 amide bonds. The molecule has 3 rings (SSSR count). The minimum absolute atomic E-state index is 0.672. The molecule has 5 heteroatoms. The Balaban J connectivity index is 1.77. The lowest BCUT2D eigenvalue weighted by molar-refractivity contribution is 0.261. The van der Waals surface area contributed by atoms with E-state index in [0.717, 1.165) is 29.2 Å². The average Bonchev–Trinajstić information content (AvgIpc) is 3.06. The quantitative estimate of drug-likeness (QED) is 0.702. The fourth-order valence-corrected chi connectivity index (χ4v) is 2.26. The maximum absolute atomic E-state index is 5.72. The summed E-state index contributed by atoms with van der Waals surface area (Å²) in [5.74, 6) is 0.858. The monoisotopic (exact) mass is 308 g/mol. The van der Waals surface area contributed by atoms with Crippen LogP contribution in [0.25, 0.3) is 16.9 Å². The molecule has 0 spiro atoms. The zero-order valence-corrected chi connectivity index (χ0v) is 13.4. The lowest BCUT2D eigenvalue weighted by atomic mass is 10.1. The summed E-state index contributed by atoms with van der Waals surface area (Å²) in [6.07, 6.45) is 1.77. The van der Waals surface area contributed by atoms with E-state index in [1.54, 1.807) is 6.20 Å². The van der Waals surface area contributed by atoms with Crippen molar-refractivity contribution in [2.45, 2.75) is 0 Å². The smallest absolute Gasteiger partial charge is 0.119 e. The number of rotatable bonds is 6. The number of aromatic nitrogens is 3. The predicted molar refractivity (Wildman–Crippen MR) is 90.8 cm³/mol. The molecule has 0 aliphatic carbocycles. The molecule has 1 heterocycles. The Kier molecular flexibility index (Phi) is 4.68. The van der Waals surface area contributed by atoms with Crippen molar-refractivity contribution in [3.63, 3.8) is 0 Å². The van der Waals surface area contributed by atoms with Gasteiger partial charge in [0.25, 0.3) is 0 Å². The first-order valence-electron chi connectivity index (χ1n) is 7.58. The molecule has 0 saturated heterocycles. The molecule has 0 aliphatic heterocycles. The van der Waals surface area contributed by atoms with E-state index in [1.807, 2.05) is 73.4 Å². The molecule has 3 aromatic rings. The fraction of sp³-hybridized carbons (Fsp3) is 0.222. The molecule has 0 aliphatic rings. The maximum Gasteiger partial charge on any atom is 0.119 e. The summed E-state index contributed by atoms with van der Waals surface area (Å²) in [6.45, 7) is 1.56. The van der Waals surface area contributed by atoms with Gasteiger partial charge < -0.3 is 9.64 Å². The van der Waals surface area contributed by atoms with Gasteiger partial charge in [0.05, 0.1) is 17.6 Å². The van der Waals surface area contributed by atoms with Gasteiger partial charge in [-0.15, -0.1) is 5.10 Å². The van der Waals surface area contributed by atoms with E-state index in [4.69, 9.17) is 4.74 Å². The van der Waals surface area contributed by atoms with E-state index in [2.05, 4.69) is 15.2 Å². The van der Waals surface area contributed by atoms with Gasteiger partial charge in [-0.2, -0.15) is 0 Å². The number of hydrogen-bond acceptors (Lipinski definition) is 4. The largest absolute Gasteiger partial charge is 0.492 e. The van der Waals surface area contributed by atoms with Crippen LogP contribution in [0, 0.1) is 0 Å². The Morgan fingerprint density at radius 1 is 1.00 bits per heavy atom. The first kappa shape index (κ1) is 15.2. The zero-order chi connectivity index (χ0) is 16.1. The molecule has 0 radical (unpaired) electrons. The van der Waals surface area contributed by atoms with Crippen molar-refractivity contribution >= 4 is 0 Å². The van der Waals surface area contributed by atoms with Crippen LogP contribution in [0.2, 0.25) is 0 Å². The third-order valence-electron chi connectivity index (χ3n) is 3.51. The molecule has 118 valence electrons. The lowest BCUT2D eigenvalue weighted by Gasteiger charge is -2.11. The van der Waals surface area contributed by atoms with Crippen molar-refractivity contribution in [3.05, 3.63) is 60.8 Å². The topological polar surface area (TPSA) is 43.2 Å². The Bertz CT molecular complexity index is 735. The van der Waals surface area contributed by atoms with E-state index >= 15 is 0 Å². The van der Waals surface area contributed by atoms with E-state index in [1.165, 1.54) is 0 Å². The van der Waals surface area contributed by atoms with E-state index in [-0.39, 0.29) is 0 Å². The molecule has 0 bridgehead atoms. The highest BCUT2D eigenvalue weighted by Crippen LogP contribution is 2.22. The number of ether oxygens (including phenoxy) is 1. The third-order valence-corrected chi connectivity index (χ3v) is 3.51. The van der Waals surface area contributed by atoms with Gasteiger partial charge in [0.2, 0.25) is 0 Å². The van der Waals surface area contributed by atoms with Crippen molar-refractivity contribution in [2.75, 3.05) is 27.2 Å². The van der Waals surface area contributed by atoms with Crippen LogP contribution in [0.5, 0.6) is 5.75 Å². The second-order valence-corrected chi connectivity index (χ2v) is 5.54. The number of benzene rings is 2. The summed E-state index contributed by atoms with van der Waals surface area (Å²) in [5.41, 5.74) is 3.01. The van der Waals surface area contributed by atoms with Crippen molar-refractivity contribution in [2.24, 2.45) is 0 Å². The molecule has 1 aromatic heterocycles. The normalized spacial score (nSPS) is 10.9.